The molecule has 1 aliphatic rings. The van der Waals surface area contributed by atoms with Gasteiger partial charge in [-0.3, -0.25) is 4.90 Å². The SMILES string of the molecule is CC(C)CCNC(N)=NCc1cccc(CN2CCOCC2)c1.I. The lowest BCUT2D eigenvalue weighted by Crippen LogP contribution is -2.35. The smallest absolute Gasteiger partial charge is 0.188 e. The van der Waals surface area contributed by atoms with Gasteiger partial charge in [-0.1, -0.05) is 38.1 Å². The fraction of sp³-hybridized carbons (Fsp3) is 0.611. The Balaban J connectivity index is 0.00000288. The van der Waals surface area contributed by atoms with Gasteiger partial charge in [0, 0.05) is 26.2 Å². The first-order chi connectivity index (χ1) is 11.1. The molecule has 0 aliphatic carbocycles. The summed E-state index contributed by atoms with van der Waals surface area (Å²) in [5, 5.41) is 3.17. The van der Waals surface area contributed by atoms with Crippen molar-refractivity contribution in [1.29, 1.82) is 0 Å². The van der Waals surface area contributed by atoms with Gasteiger partial charge in [-0.05, 0) is 23.5 Å². The van der Waals surface area contributed by atoms with Crippen molar-refractivity contribution in [3.05, 3.63) is 35.4 Å². The average molecular weight is 446 g/mol. The number of nitrogens with two attached hydrogens (primary N) is 1. The number of ether oxygens (including phenoxy) is 1. The van der Waals surface area contributed by atoms with Crippen LogP contribution in [0.3, 0.4) is 0 Å². The van der Waals surface area contributed by atoms with E-state index in [-0.39, 0.29) is 24.0 Å². The second-order valence-electron chi connectivity index (χ2n) is 6.52. The second-order valence-corrected chi connectivity index (χ2v) is 6.52. The molecule has 0 spiro atoms. The number of hydrogen-bond acceptors (Lipinski definition) is 3. The molecule has 0 atom stereocenters. The van der Waals surface area contributed by atoms with Crippen LogP contribution in [-0.2, 0) is 17.8 Å². The first-order valence-corrected chi connectivity index (χ1v) is 8.55. The van der Waals surface area contributed by atoms with E-state index < -0.39 is 0 Å². The molecule has 0 aromatic heterocycles. The normalized spacial score (nSPS) is 16.0. The van der Waals surface area contributed by atoms with E-state index >= 15 is 0 Å². The monoisotopic (exact) mass is 446 g/mol. The van der Waals surface area contributed by atoms with Crippen LogP contribution in [0.4, 0.5) is 0 Å². The average Bonchev–Trinajstić information content (AvgIpc) is 2.54. The lowest BCUT2D eigenvalue weighted by atomic mass is 10.1. The zero-order valence-corrected chi connectivity index (χ0v) is 17.2. The molecule has 1 saturated heterocycles. The molecule has 0 saturated carbocycles. The summed E-state index contributed by atoms with van der Waals surface area (Å²) in [6.07, 6.45) is 1.10. The van der Waals surface area contributed by atoms with Gasteiger partial charge in [0.05, 0.1) is 19.8 Å². The zero-order valence-electron chi connectivity index (χ0n) is 14.8. The van der Waals surface area contributed by atoms with Crippen molar-refractivity contribution in [2.45, 2.75) is 33.4 Å². The van der Waals surface area contributed by atoms with Gasteiger partial charge in [0.25, 0.3) is 0 Å². The summed E-state index contributed by atoms with van der Waals surface area (Å²) in [6.45, 7) is 10.6. The number of aliphatic imine (C=N–C) groups is 1. The van der Waals surface area contributed by atoms with Crippen molar-refractivity contribution in [3.63, 3.8) is 0 Å². The Kier molecular flexibility index (Phi) is 10.3. The molecule has 3 N–H and O–H groups in total. The number of nitrogens with zero attached hydrogens (tertiary/aromatic N) is 2. The van der Waals surface area contributed by atoms with Crippen LogP contribution >= 0.6 is 24.0 Å². The highest BCUT2D eigenvalue weighted by Crippen LogP contribution is 2.10. The van der Waals surface area contributed by atoms with Gasteiger partial charge in [-0.15, -0.1) is 24.0 Å². The van der Waals surface area contributed by atoms with Crippen molar-refractivity contribution < 1.29 is 4.74 Å². The number of hydrogen-bond donors (Lipinski definition) is 2. The first-order valence-electron chi connectivity index (χ1n) is 8.55. The summed E-state index contributed by atoms with van der Waals surface area (Å²) in [5.74, 6) is 1.21. The molecule has 0 amide bonds. The fourth-order valence-electron chi connectivity index (χ4n) is 2.57. The maximum Gasteiger partial charge on any atom is 0.188 e. The second kappa shape index (κ2) is 11.7. The van der Waals surface area contributed by atoms with E-state index in [1.54, 1.807) is 0 Å². The zero-order chi connectivity index (χ0) is 16.5. The Morgan fingerprint density at radius 2 is 2.00 bits per heavy atom. The maximum absolute atomic E-state index is 5.91. The van der Waals surface area contributed by atoms with Gasteiger partial charge in [-0.2, -0.15) is 0 Å². The van der Waals surface area contributed by atoms with Crippen molar-refractivity contribution in [1.82, 2.24) is 10.2 Å². The summed E-state index contributed by atoms with van der Waals surface area (Å²) in [5.41, 5.74) is 8.44. The molecule has 24 heavy (non-hydrogen) atoms. The molecule has 0 radical (unpaired) electrons. The van der Waals surface area contributed by atoms with Crippen LogP contribution in [0.15, 0.2) is 29.3 Å². The van der Waals surface area contributed by atoms with E-state index in [4.69, 9.17) is 10.5 Å². The summed E-state index contributed by atoms with van der Waals surface area (Å²) >= 11 is 0. The number of morpholine rings is 1. The molecule has 1 aromatic carbocycles. The highest BCUT2D eigenvalue weighted by molar-refractivity contribution is 14.0. The maximum atomic E-state index is 5.91. The Morgan fingerprint density at radius 1 is 1.29 bits per heavy atom. The Bertz CT molecular complexity index is 502. The third-order valence-electron chi connectivity index (χ3n) is 3.96. The van der Waals surface area contributed by atoms with E-state index in [1.165, 1.54) is 11.1 Å². The van der Waals surface area contributed by atoms with Crippen LogP contribution < -0.4 is 11.1 Å². The molecular formula is C18H31IN4O. The molecule has 1 aliphatic heterocycles. The molecule has 0 bridgehead atoms. The standard InChI is InChI=1S/C18H30N4O.HI/c1-15(2)6-7-20-18(19)21-13-16-4-3-5-17(12-16)14-22-8-10-23-11-9-22;/h3-5,12,15H,6-11,13-14H2,1-2H3,(H3,19,20,21);1H. The van der Waals surface area contributed by atoms with E-state index in [1.807, 2.05) is 0 Å². The first kappa shape index (κ1) is 21.2. The molecule has 5 nitrogen and oxygen atoms in total. The lowest BCUT2D eigenvalue weighted by Gasteiger charge is -2.26. The summed E-state index contributed by atoms with van der Waals surface area (Å²) in [7, 11) is 0. The van der Waals surface area contributed by atoms with Gasteiger partial charge in [0.15, 0.2) is 5.96 Å². The van der Waals surface area contributed by atoms with Gasteiger partial charge < -0.3 is 15.8 Å². The van der Waals surface area contributed by atoms with E-state index in [0.29, 0.717) is 18.4 Å². The Morgan fingerprint density at radius 3 is 2.71 bits per heavy atom. The van der Waals surface area contributed by atoms with Gasteiger partial charge in [0.1, 0.15) is 0 Å². The minimum atomic E-state index is 0. The quantitative estimate of drug-likeness (QED) is 0.384. The minimum Gasteiger partial charge on any atom is -0.379 e. The highest BCUT2D eigenvalue weighted by Gasteiger charge is 2.10. The van der Waals surface area contributed by atoms with Gasteiger partial charge >= 0.3 is 0 Å². The molecule has 6 heteroatoms. The van der Waals surface area contributed by atoms with Crippen molar-refractivity contribution in [2.75, 3.05) is 32.8 Å². The van der Waals surface area contributed by atoms with E-state index in [9.17, 15) is 0 Å². The summed E-state index contributed by atoms with van der Waals surface area (Å²) in [4.78, 5) is 6.85. The lowest BCUT2D eigenvalue weighted by molar-refractivity contribution is 0.0342. The van der Waals surface area contributed by atoms with Crippen LogP contribution in [0, 0.1) is 5.92 Å². The molecule has 0 unspecified atom stereocenters. The number of benzene rings is 1. The van der Waals surface area contributed by atoms with Crippen molar-refractivity contribution in [3.8, 4) is 0 Å². The minimum absolute atomic E-state index is 0. The van der Waals surface area contributed by atoms with Crippen LogP contribution in [0.25, 0.3) is 0 Å². The fourth-order valence-corrected chi connectivity index (χ4v) is 2.57. The molecule has 2 rings (SSSR count). The van der Waals surface area contributed by atoms with Gasteiger partial charge in [0.2, 0.25) is 0 Å². The number of nitrogens with one attached hydrogen (secondary N) is 1. The number of rotatable bonds is 7. The molecule has 1 heterocycles. The van der Waals surface area contributed by atoms with Crippen LogP contribution in [0.5, 0.6) is 0 Å². The van der Waals surface area contributed by atoms with E-state index in [2.05, 4.69) is 53.3 Å². The predicted octanol–water partition coefficient (Wildman–Crippen LogP) is 2.59. The molecule has 1 aromatic rings. The largest absolute Gasteiger partial charge is 0.379 e. The van der Waals surface area contributed by atoms with Crippen LogP contribution in [0.2, 0.25) is 0 Å². The van der Waals surface area contributed by atoms with Gasteiger partial charge in [-0.25, -0.2) is 4.99 Å². The van der Waals surface area contributed by atoms with Crippen LogP contribution in [-0.4, -0.2) is 43.7 Å². The third kappa shape index (κ3) is 8.30. The van der Waals surface area contributed by atoms with Crippen molar-refractivity contribution >= 4 is 29.9 Å². The predicted molar refractivity (Wildman–Crippen MR) is 111 cm³/mol. The molecule has 136 valence electrons. The van der Waals surface area contributed by atoms with Crippen molar-refractivity contribution in [2.24, 2.45) is 16.6 Å². The van der Waals surface area contributed by atoms with Crippen LogP contribution in [0.1, 0.15) is 31.4 Å². The summed E-state index contributed by atoms with van der Waals surface area (Å²) in [6, 6.07) is 8.60. The third-order valence-corrected chi connectivity index (χ3v) is 3.96. The molecule has 1 fully saturated rings. The molecular weight excluding hydrogens is 415 g/mol. The highest BCUT2D eigenvalue weighted by atomic mass is 127. The number of guanidine groups is 1. The Labute approximate surface area is 163 Å². The number of halogens is 1. The Hall–Kier alpha value is -0.860. The topological polar surface area (TPSA) is 62.9 Å². The van der Waals surface area contributed by atoms with E-state index in [0.717, 1.165) is 45.8 Å². The summed E-state index contributed by atoms with van der Waals surface area (Å²) < 4.78 is 5.39.